The number of phenolic OH excluding ortho intramolecular Hbond substituents is 1. The number of ether oxygens (including phenoxy) is 1. The molecule has 3 aromatic carbocycles. The second kappa shape index (κ2) is 13.5. The van der Waals surface area contributed by atoms with Crippen LogP contribution in [0, 0.1) is 30.6 Å². The Morgan fingerprint density at radius 2 is 1.64 bits per heavy atom. The van der Waals surface area contributed by atoms with Crippen molar-refractivity contribution in [2.75, 3.05) is 17.4 Å². The highest BCUT2D eigenvalue weighted by Gasteiger charge is 2.70. The minimum Gasteiger partial charge on any atom is -0.504 e. The number of hydrogen-bond donors (Lipinski definition) is 2. The number of phenols is 1. The summed E-state index contributed by atoms with van der Waals surface area (Å²) in [4.78, 5) is 63.8. The maximum atomic E-state index is 15.3. The van der Waals surface area contributed by atoms with Crippen LogP contribution < -0.4 is 15.1 Å². The number of amides is 4. The van der Waals surface area contributed by atoms with Crippen LogP contribution in [0.15, 0.2) is 84.6 Å². The van der Waals surface area contributed by atoms with Gasteiger partial charge in [0.25, 0.3) is 11.8 Å². The number of hydrogen-bond acceptors (Lipinski definition) is 8. The molecule has 2 saturated heterocycles. The van der Waals surface area contributed by atoms with E-state index >= 15 is 4.79 Å². The summed E-state index contributed by atoms with van der Waals surface area (Å²) in [5.74, 6) is -7.63. The molecule has 6 atom stereocenters. The Morgan fingerprint density at radius 1 is 0.911 bits per heavy atom. The average molecular weight is 826 g/mol. The second-order valence-corrected chi connectivity index (χ2v) is 15.5. The van der Waals surface area contributed by atoms with Gasteiger partial charge in [-0.3, -0.25) is 24.6 Å². The van der Waals surface area contributed by atoms with Crippen molar-refractivity contribution in [1.82, 2.24) is 9.99 Å². The quantitative estimate of drug-likeness (QED) is 0.147. The van der Waals surface area contributed by atoms with Gasteiger partial charge in [-0.05, 0) is 84.8 Å². The lowest BCUT2D eigenvalue weighted by Crippen LogP contribution is -2.53. The van der Waals surface area contributed by atoms with Gasteiger partial charge >= 0.3 is 6.18 Å². The molecule has 10 nitrogen and oxygen atoms in total. The van der Waals surface area contributed by atoms with E-state index in [1.807, 2.05) is 6.08 Å². The Balaban J connectivity index is 1.31. The molecular weight excluding hydrogens is 796 g/mol. The number of fused-ring (bicyclic) bond motifs is 4. The lowest BCUT2D eigenvalue weighted by Gasteiger charge is -2.50. The van der Waals surface area contributed by atoms with E-state index in [4.69, 9.17) is 39.5 Å². The second-order valence-electron chi connectivity index (χ2n) is 14.3. The molecule has 16 heteroatoms. The molecular formula is C40H30Cl3F3N4O6. The van der Waals surface area contributed by atoms with Gasteiger partial charge < -0.3 is 9.84 Å². The molecule has 288 valence electrons. The number of pyridine rings is 1. The zero-order valence-corrected chi connectivity index (χ0v) is 31.7. The zero-order valence-electron chi connectivity index (χ0n) is 29.4. The fourth-order valence-corrected chi connectivity index (χ4v) is 9.52. The number of benzene rings is 3. The number of aromatic nitrogens is 1. The van der Waals surface area contributed by atoms with Gasteiger partial charge in [-0.25, -0.2) is 9.88 Å². The maximum Gasteiger partial charge on any atom is 0.417 e. The van der Waals surface area contributed by atoms with Crippen LogP contribution in [0.4, 0.5) is 24.7 Å². The summed E-state index contributed by atoms with van der Waals surface area (Å²) in [6, 6.07) is 16.5. The van der Waals surface area contributed by atoms with Crippen molar-refractivity contribution in [2.45, 2.75) is 37.3 Å². The van der Waals surface area contributed by atoms with Gasteiger partial charge in [0.1, 0.15) is 0 Å². The number of halogens is 6. The molecule has 3 fully saturated rings. The van der Waals surface area contributed by atoms with E-state index in [0.717, 1.165) is 10.5 Å². The van der Waals surface area contributed by atoms with Gasteiger partial charge in [-0.2, -0.15) is 18.2 Å². The molecule has 3 heterocycles. The van der Waals surface area contributed by atoms with E-state index in [2.05, 4.69) is 10.4 Å². The van der Waals surface area contributed by atoms with Crippen molar-refractivity contribution in [3.8, 4) is 11.5 Å². The van der Waals surface area contributed by atoms with Crippen molar-refractivity contribution >= 4 is 69.9 Å². The fraction of sp³-hybridized carbons (Fsp3) is 0.275. The van der Waals surface area contributed by atoms with Crippen LogP contribution in [-0.2, 0) is 30.8 Å². The molecule has 1 aromatic heterocycles. The first-order valence-corrected chi connectivity index (χ1v) is 18.6. The van der Waals surface area contributed by atoms with Crippen LogP contribution in [0.1, 0.15) is 41.0 Å². The number of nitrogens with zero attached hydrogens (tertiary/aromatic N) is 3. The first kappa shape index (κ1) is 37.8. The predicted molar refractivity (Wildman–Crippen MR) is 200 cm³/mol. The zero-order chi connectivity index (χ0) is 40.0. The summed E-state index contributed by atoms with van der Waals surface area (Å²) in [7, 11) is 1.36. The number of anilines is 2. The van der Waals surface area contributed by atoms with Crippen LogP contribution >= 0.6 is 34.8 Å². The third-order valence-corrected chi connectivity index (χ3v) is 12.5. The monoisotopic (exact) mass is 824 g/mol. The standard InChI is InChI=1S/C40H30Cl3F3N4O6/c1-18-3-9-23(15-28(18)42)49-35(52)25-11-10-24-26(32(25)37(49)54)16-27-36(53)50(48-34-29(43)14-21(17-47-34)40(44,45)46)38(55)39(27,20-5-7-22(41)8-6-20)33(24)19-4-12-30(51)31(13-19)56-2/h3-10,12-15,17,25-27,32-33,51H,11,16H2,1-2H3,(H,47,48). The molecule has 2 aliphatic heterocycles. The maximum absolute atomic E-state index is 15.3. The lowest BCUT2D eigenvalue weighted by atomic mass is 9.49. The normalized spacial score (nSPS) is 25.9. The third kappa shape index (κ3) is 5.65. The Kier molecular flexibility index (Phi) is 9.13. The topological polar surface area (TPSA) is 129 Å². The van der Waals surface area contributed by atoms with E-state index in [-0.39, 0.29) is 30.2 Å². The molecule has 0 spiro atoms. The highest BCUT2D eigenvalue weighted by molar-refractivity contribution is 6.33. The average Bonchev–Trinajstić information content (AvgIpc) is 3.54. The van der Waals surface area contributed by atoms with E-state index in [1.54, 1.807) is 61.5 Å². The Morgan fingerprint density at radius 3 is 2.30 bits per heavy atom. The molecule has 2 aliphatic carbocycles. The van der Waals surface area contributed by atoms with Crippen LogP contribution in [0.25, 0.3) is 0 Å². The summed E-state index contributed by atoms with van der Waals surface area (Å²) in [5.41, 5.74) is 2.21. The van der Waals surface area contributed by atoms with E-state index in [9.17, 15) is 32.7 Å². The highest BCUT2D eigenvalue weighted by Crippen LogP contribution is 2.64. The molecule has 56 heavy (non-hydrogen) atoms. The molecule has 8 rings (SSSR count). The van der Waals surface area contributed by atoms with E-state index < -0.39 is 75.4 Å². The largest absolute Gasteiger partial charge is 0.504 e. The predicted octanol–water partition coefficient (Wildman–Crippen LogP) is 8.27. The number of aryl methyl sites for hydroxylation is 1. The van der Waals surface area contributed by atoms with Gasteiger partial charge in [-0.1, -0.05) is 70.7 Å². The van der Waals surface area contributed by atoms with Gasteiger partial charge in [0.2, 0.25) is 11.8 Å². The first-order chi connectivity index (χ1) is 26.6. The van der Waals surface area contributed by atoms with E-state index in [1.165, 1.54) is 13.2 Å². The van der Waals surface area contributed by atoms with Gasteiger partial charge in [-0.15, -0.1) is 0 Å². The third-order valence-electron chi connectivity index (χ3n) is 11.5. The van der Waals surface area contributed by atoms with E-state index in [0.29, 0.717) is 49.7 Å². The Bertz CT molecular complexity index is 2390. The summed E-state index contributed by atoms with van der Waals surface area (Å²) < 4.78 is 46.0. The fourth-order valence-electron chi connectivity index (χ4n) is 9.01. The van der Waals surface area contributed by atoms with Crippen molar-refractivity contribution in [2.24, 2.45) is 23.7 Å². The molecule has 0 radical (unpaired) electrons. The van der Waals surface area contributed by atoms with Gasteiger partial charge in [0.15, 0.2) is 17.3 Å². The Labute approximate surface area is 332 Å². The molecule has 4 aliphatic rings. The number of aromatic hydroxyl groups is 1. The molecule has 4 amide bonds. The molecule has 0 bridgehead atoms. The number of imide groups is 2. The Hall–Kier alpha value is -5.11. The SMILES string of the molecule is COc1cc(C2C3=CCC4C(=O)N(c5ccc(C)c(Cl)c5)C(=O)C4C3CC3C(=O)N(Nc4ncc(C(F)(F)F)cc4Cl)C(=O)C32c2ccc(Cl)cc2)ccc1O. The summed E-state index contributed by atoms with van der Waals surface area (Å²) >= 11 is 19.0. The summed E-state index contributed by atoms with van der Waals surface area (Å²) in [6.07, 6.45) is -2.31. The van der Waals surface area contributed by atoms with Crippen LogP contribution in [0.3, 0.4) is 0 Å². The van der Waals surface area contributed by atoms with Crippen molar-refractivity contribution in [3.05, 3.63) is 122 Å². The number of rotatable bonds is 6. The minimum absolute atomic E-state index is 0.0697. The lowest BCUT2D eigenvalue weighted by molar-refractivity contribution is -0.139. The number of alkyl halides is 3. The van der Waals surface area contributed by atoms with Gasteiger partial charge in [0, 0.05) is 22.2 Å². The minimum atomic E-state index is -4.76. The molecule has 1 saturated carbocycles. The number of nitrogens with one attached hydrogen (secondary N) is 1. The number of allylic oxidation sites excluding steroid dienone is 2. The number of carbonyl (C=O) groups excluding carboxylic acids is 4. The van der Waals surface area contributed by atoms with Crippen molar-refractivity contribution < 1.29 is 42.2 Å². The molecule has 6 unspecified atom stereocenters. The van der Waals surface area contributed by atoms with Crippen molar-refractivity contribution in [3.63, 3.8) is 0 Å². The number of hydrazine groups is 1. The van der Waals surface area contributed by atoms with Crippen LogP contribution in [-0.4, -0.2) is 45.8 Å². The number of methoxy groups -OCH3 is 1. The van der Waals surface area contributed by atoms with Crippen molar-refractivity contribution in [1.29, 1.82) is 0 Å². The first-order valence-electron chi connectivity index (χ1n) is 17.4. The molecule has 4 aromatic rings. The summed E-state index contributed by atoms with van der Waals surface area (Å²) in [6.45, 7) is 1.79. The summed E-state index contributed by atoms with van der Waals surface area (Å²) in [5, 5.41) is 11.6. The highest BCUT2D eigenvalue weighted by atomic mass is 35.5. The molecule has 2 N–H and O–H groups in total. The van der Waals surface area contributed by atoms with Crippen LogP contribution in [0.5, 0.6) is 11.5 Å². The smallest absolute Gasteiger partial charge is 0.417 e. The van der Waals surface area contributed by atoms with Gasteiger partial charge in [0.05, 0.1) is 46.6 Å². The number of carbonyl (C=O) groups is 4. The van der Waals surface area contributed by atoms with Crippen LogP contribution in [0.2, 0.25) is 15.1 Å².